The Morgan fingerprint density at radius 2 is 1.85 bits per heavy atom. The molecule has 168 valence electrons. The fourth-order valence-corrected chi connectivity index (χ4v) is 3.51. The van der Waals surface area contributed by atoms with Gasteiger partial charge in [0.25, 0.3) is 5.91 Å². The van der Waals surface area contributed by atoms with Crippen LogP contribution in [0.15, 0.2) is 60.7 Å². The van der Waals surface area contributed by atoms with Gasteiger partial charge in [-0.05, 0) is 73.0 Å². The number of hydrogen-bond donors (Lipinski definition) is 1. The van der Waals surface area contributed by atoms with Gasteiger partial charge in [-0.2, -0.15) is 5.26 Å². The first-order chi connectivity index (χ1) is 15.9. The lowest BCUT2D eigenvalue weighted by Gasteiger charge is -2.15. The van der Waals surface area contributed by atoms with Gasteiger partial charge in [-0.15, -0.1) is 0 Å². The molecule has 0 fully saturated rings. The molecule has 0 heterocycles. The Morgan fingerprint density at radius 3 is 2.52 bits per heavy atom. The Morgan fingerprint density at radius 1 is 1.09 bits per heavy atom. The van der Waals surface area contributed by atoms with Crippen LogP contribution in [0.2, 0.25) is 10.0 Å². The third kappa shape index (κ3) is 6.76. The minimum absolute atomic E-state index is 0.239. The first-order valence-electron chi connectivity index (χ1n) is 10.2. The molecule has 0 aliphatic carbocycles. The van der Waals surface area contributed by atoms with Crippen LogP contribution in [0.5, 0.6) is 11.5 Å². The zero-order valence-electron chi connectivity index (χ0n) is 18.2. The lowest BCUT2D eigenvalue weighted by molar-refractivity contribution is -0.118. The summed E-state index contributed by atoms with van der Waals surface area (Å²) in [5, 5.41) is 13.2. The third-order valence-corrected chi connectivity index (χ3v) is 5.10. The number of nitriles is 1. The Labute approximate surface area is 203 Å². The maximum atomic E-state index is 12.3. The molecule has 0 unspecified atom stereocenters. The minimum atomic E-state index is -0.322. The molecular weight excluding hydrogens is 459 g/mol. The van der Waals surface area contributed by atoms with Gasteiger partial charge in [0.05, 0.1) is 23.3 Å². The highest BCUT2D eigenvalue weighted by molar-refractivity contribution is 6.32. The van der Waals surface area contributed by atoms with E-state index in [1.807, 2.05) is 32.0 Å². The molecule has 33 heavy (non-hydrogen) atoms. The van der Waals surface area contributed by atoms with Crippen molar-refractivity contribution in [3.63, 3.8) is 0 Å². The Kier molecular flexibility index (Phi) is 8.37. The van der Waals surface area contributed by atoms with Crippen LogP contribution in [0.4, 0.5) is 5.69 Å². The summed E-state index contributed by atoms with van der Waals surface area (Å²) in [6.07, 6.45) is 1.70. The fraction of sp³-hybridized carbons (Fsp3) is 0.154. The van der Waals surface area contributed by atoms with Gasteiger partial charge in [0.15, 0.2) is 18.1 Å². The average Bonchev–Trinajstić information content (AvgIpc) is 2.78. The minimum Gasteiger partial charge on any atom is -0.490 e. The predicted molar refractivity (Wildman–Crippen MR) is 133 cm³/mol. The van der Waals surface area contributed by atoms with E-state index in [1.54, 1.807) is 48.5 Å². The van der Waals surface area contributed by atoms with Crippen molar-refractivity contribution in [1.82, 2.24) is 0 Å². The second-order valence-corrected chi connectivity index (χ2v) is 7.99. The monoisotopic (exact) mass is 480 g/mol. The molecule has 3 aromatic carbocycles. The van der Waals surface area contributed by atoms with Crippen LogP contribution in [0, 0.1) is 18.3 Å². The molecule has 1 amide bonds. The molecule has 0 atom stereocenters. The summed E-state index contributed by atoms with van der Waals surface area (Å²) in [6, 6.07) is 20.0. The van der Waals surface area contributed by atoms with E-state index in [2.05, 4.69) is 11.4 Å². The summed E-state index contributed by atoms with van der Waals surface area (Å²) in [5.41, 5.74) is 3.55. The van der Waals surface area contributed by atoms with Gasteiger partial charge in [0.1, 0.15) is 0 Å². The third-order valence-electron chi connectivity index (χ3n) is 4.57. The highest BCUT2D eigenvalue weighted by atomic mass is 35.5. The number of benzene rings is 3. The molecule has 7 heteroatoms. The first-order valence-corrected chi connectivity index (χ1v) is 11.0. The molecule has 3 rings (SSSR count). The normalized spacial score (nSPS) is 10.9. The highest BCUT2D eigenvalue weighted by Crippen LogP contribution is 2.37. The van der Waals surface area contributed by atoms with E-state index in [4.69, 9.17) is 32.7 Å². The van der Waals surface area contributed by atoms with E-state index in [1.165, 1.54) is 0 Å². The zero-order chi connectivity index (χ0) is 23.8. The Hall–Kier alpha value is -3.46. The molecule has 1 N–H and O–H groups in total. The summed E-state index contributed by atoms with van der Waals surface area (Å²) in [6.45, 7) is 3.91. The molecule has 0 saturated carbocycles. The number of carbonyl (C=O) groups is 1. The van der Waals surface area contributed by atoms with Crippen molar-refractivity contribution >= 4 is 46.4 Å². The maximum absolute atomic E-state index is 12.3. The van der Waals surface area contributed by atoms with E-state index in [-0.39, 0.29) is 23.3 Å². The van der Waals surface area contributed by atoms with Gasteiger partial charge < -0.3 is 14.8 Å². The quantitative estimate of drug-likeness (QED) is 0.284. The van der Waals surface area contributed by atoms with Gasteiger partial charge in [-0.1, -0.05) is 47.5 Å². The number of carbonyl (C=O) groups excluding carboxylic acids is 1. The summed E-state index contributed by atoms with van der Waals surface area (Å²) >= 11 is 12.4. The topological polar surface area (TPSA) is 71.3 Å². The van der Waals surface area contributed by atoms with E-state index < -0.39 is 0 Å². The largest absolute Gasteiger partial charge is 0.490 e. The van der Waals surface area contributed by atoms with Crippen molar-refractivity contribution in [3.8, 4) is 17.6 Å². The molecule has 0 spiro atoms. The van der Waals surface area contributed by atoms with Crippen LogP contribution >= 0.6 is 23.2 Å². The molecule has 0 aliphatic heterocycles. The van der Waals surface area contributed by atoms with Crippen molar-refractivity contribution in [2.45, 2.75) is 13.8 Å². The van der Waals surface area contributed by atoms with E-state index in [0.717, 1.165) is 11.1 Å². The van der Waals surface area contributed by atoms with Gasteiger partial charge in [-0.25, -0.2) is 0 Å². The predicted octanol–water partition coefficient (Wildman–Crippen LogP) is 6.78. The number of allylic oxidation sites excluding steroid dienone is 1. The number of nitrogens with zero attached hydrogens (tertiary/aromatic N) is 1. The fourth-order valence-electron chi connectivity index (χ4n) is 3.11. The van der Waals surface area contributed by atoms with Crippen molar-refractivity contribution in [1.29, 1.82) is 5.26 Å². The Balaban J connectivity index is 1.81. The lowest BCUT2D eigenvalue weighted by atomic mass is 10.0. The summed E-state index contributed by atoms with van der Waals surface area (Å²) < 4.78 is 11.4. The SMILES string of the molecule is CCOc1cc(/C=C(\C#N)c2ccc(Cl)cc2)cc(Cl)c1OCC(=O)Nc1cccc(C)c1. The molecule has 0 radical (unpaired) electrons. The van der Waals surface area contributed by atoms with Crippen LogP contribution < -0.4 is 14.8 Å². The number of aryl methyl sites for hydroxylation is 1. The van der Waals surface area contributed by atoms with Crippen molar-refractivity contribution in [3.05, 3.63) is 87.4 Å². The van der Waals surface area contributed by atoms with Gasteiger partial charge in [0.2, 0.25) is 0 Å². The molecule has 0 bridgehead atoms. The second kappa shape index (κ2) is 11.4. The summed E-state index contributed by atoms with van der Waals surface area (Å²) in [7, 11) is 0. The highest BCUT2D eigenvalue weighted by Gasteiger charge is 2.15. The van der Waals surface area contributed by atoms with E-state index in [0.29, 0.717) is 34.2 Å². The maximum Gasteiger partial charge on any atom is 0.262 e. The zero-order valence-corrected chi connectivity index (χ0v) is 19.7. The van der Waals surface area contributed by atoms with Crippen LogP contribution in [0.1, 0.15) is 23.6 Å². The van der Waals surface area contributed by atoms with E-state index >= 15 is 0 Å². The van der Waals surface area contributed by atoms with Gasteiger partial charge in [-0.3, -0.25) is 4.79 Å². The average molecular weight is 481 g/mol. The van der Waals surface area contributed by atoms with Crippen molar-refractivity contribution in [2.75, 3.05) is 18.5 Å². The number of nitrogens with one attached hydrogen (secondary N) is 1. The molecular formula is C26H22Cl2N2O3. The smallest absolute Gasteiger partial charge is 0.262 e. The molecule has 5 nitrogen and oxygen atoms in total. The number of halogens is 2. The molecule has 0 aliphatic rings. The van der Waals surface area contributed by atoms with Crippen LogP contribution in [0.25, 0.3) is 11.6 Å². The van der Waals surface area contributed by atoms with E-state index in [9.17, 15) is 10.1 Å². The number of ether oxygens (including phenoxy) is 2. The van der Waals surface area contributed by atoms with Gasteiger partial charge >= 0.3 is 0 Å². The lowest BCUT2D eigenvalue weighted by Crippen LogP contribution is -2.20. The molecule has 3 aromatic rings. The second-order valence-electron chi connectivity index (χ2n) is 7.15. The van der Waals surface area contributed by atoms with Gasteiger partial charge in [0, 0.05) is 10.7 Å². The number of rotatable bonds is 8. The Bertz CT molecular complexity index is 1220. The molecule has 0 saturated heterocycles. The number of hydrogen-bond acceptors (Lipinski definition) is 4. The van der Waals surface area contributed by atoms with Crippen LogP contribution in [0.3, 0.4) is 0 Å². The first kappa shape index (κ1) is 24.2. The number of anilines is 1. The van der Waals surface area contributed by atoms with Crippen molar-refractivity contribution in [2.24, 2.45) is 0 Å². The standard InChI is InChI=1S/C26H22Cl2N2O3/c1-3-32-24-14-18(12-20(15-29)19-7-9-21(27)10-8-19)13-23(28)26(24)33-16-25(31)30-22-6-4-5-17(2)11-22/h4-14H,3,16H2,1-2H3,(H,30,31)/b20-12+. The number of amides is 1. The van der Waals surface area contributed by atoms with Crippen LogP contribution in [-0.4, -0.2) is 19.1 Å². The van der Waals surface area contributed by atoms with Crippen LogP contribution in [-0.2, 0) is 4.79 Å². The summed E-state index contributed by atoms with van der Waals surface area (Å²) in [5.74, 6) is 0.325. The summed E-state index contributed by atoms with van der Waals surface area (Å²) in [4.78, 5) is 12.3. The van der Waals surface area contributed by atoms with Crippen molar-refractivity contribution < 1.29 is 14.3 Å². The molecule has 0 aromatic heterocycles.